The molecule has 784 valence electrons. The minimum absolute atomic E-state index is 0.0128. The van der Waals surface area contributed by atoms with E-state index in [1.165, 1.54) is 46.2 Å². The molecule has 0 radical (unpaired) electrons. The van der Waals surface area contributed by atoms with Crippen LogP contribution >= 0.6 is 43.2 Å². The van der Waals surface area contributed by atoms with Gasteiger partial charge in [0, 0.05) is 81.2 Å². The molecule has 4 fully saturated rings. The van der Waals surface area contributed by atoms with Crippen molar-refractivity contribution in [1.82, 2.24) is 84.2 Å². The molecule has 4 aliphatic heterocycles. The molecule has 0 aromatic heterocycles. The van der Waals surface area contributed by atoms with Crippen molar-refractivity contribution in [2.45, 2.75) is 234 Å². The molecule has 50 nitrogen and oxygen atoms in total. The predicted molar refractivity (Wildman–Crippen MR) is 527 cm³/mol. The summed E-state index contributed by atoms with van der Waals surface area (Å²) in [6, 6.07) is -0.531. The first-order valence-electron chi connectivity index (χ1n) is 46.1. The molecule has 143 heavy (non-hydrogen) atoms. The summed E-state index contributed by atoms with van der Waals surface area (Å²) < 4.78 is 0. The van der Waals surface area contributed by atoms with E-state index in [1.54, 1.807) is 56.3 Å². The number of carbonyl (C=O) groups is 22. The van der Waals surface area contributed by atoms with Gasteiger partial charge in [0.2, 0.25) is 130 Å². The Morgan fingerprint density at radius 3 is 1.28 bits per heavy atom. The maximum Gasteiger partial charge on any atom is 0.246 e. The lowest BCUT2D eigenvalue weighted by Crippen LogP contribution is -2.61. The minimum atomic E-state index is -1.77. The number of phenolic OH excluding ortho intramolecular Hbond substituents is 2. The van der Waals surface area contributed by atoms with Gasteiger partial charge in [-0.05, 0) is 111 Å². The van der Waals surface area contributed by atoms with Gasteiger partial charge in [0.1, 0.15) is 96.1 Å². The van der Waals surface area contributed by atoms with Gasteiger partial charge >= 0.3 is 0 Å². The van der Waals surface area contributed by atoms with Crippen molar-refractivity contribution in [2.24, 2.45) is 68.4 Å². The number of primary amides is 6. The summed E-state index contributed by atoms with van der Waals surface area (Å²) in [6.45, 7) is 6.20. The Bertz CT molecular complexity index is 5030. The van der Waals surface area contributed by atoms with E-state index in [2.05, 4.69) is 79.4 Å². The molecule has 0 spiro atoms. The van der Waals surface area contributed by atoms with Crippen molar-refractivity contribution >= 4 is 179 Å². The Hall–Kier alpha value is -13.8. The topological polar surface area (TPSA) is 837 Å². The number of nitrogens with zero attached hydrogens (tertiary/aromatic N) is 3. The number of benzene rings is 3. The minimum Gasteiger partial charge on any atom is -0.508 e. The molecule has 3 aromatic rings. The first-order valence-corrected chi connectivity index (χ1v) is 51.1. The fourth-order valence-corrected chi connectivity index (χ4v) is 19.5. The van der Waals surface area contributed by atoms with Gasteiger partial charge in [0.05, 0.1) is 32.0 Å². The lowest BCUT2D eigenvalue weighted by Gasteiger charge is -2.31. The first-order chi connectivity index (χ1) is 67.7. The third kappa shape index (κ3) is 41.4. The van der Waals surface area contributed by atoms with Crippen molar-refractivity contribution in [3.63, 3.8) is 0 Å². The molecule has 0 aliphatic carbocycles. The molecular weight excluding hydrogens is 1950 g/mol. The molecule has 0 unspecified atom stereocenters. The van der Waals surface area contributed by atoms with E-state index in [0.717, 1.165) is 43.2 Å². The summed E-state index contributed by atoms with van der Waals surface area (Å²) in [7, 11) is 4.23. The highest BCUT2D eigenvalue weighted by Gasteiger charge is 2.45. The fourth-order valence-electron chi connectivity index (χ4n) is 15.1. The third-order valence-corrected chi connectivity index (χ3v) is 27.6. The quantitative estimate of drug-likeness (QED) is 0.0111. The molecular formula is C89H130N26O24S4. The summed E-state index contributed by atoms with van der Waals surface area (Å²) in [5.74, 6) is -20.1. The fraction of sp³-hybridized carbons (Fsp3) is 0.539. The zero-order valence-corrected chi connectivity index (χ0v) is 82.7. The summed E-state index contributed by atoms with van der Waals surface area (Å²) >= 11 is 0. The van der Waals surface area contributed by atoms with Gasteiger partial charge in [-0.3, -0.25) is 110 Å². The van der Waals surface area contributed by atoms with Crippen LogP contribution in [0.5, 0.6) is 11.5 Å². The summed E-state index contributed by atoms with van der Waals surface area (Å²) in [6.07, 6.45) is -2.03. The zero-order chi connectivity index (χ0) is 106. The molecule has 4 aliphatic rings. The van der Waals surface area contributed by atoms with E-state index in [0.29, 0.717) is 36.0 Å². The number of carbonyl (C=O) groups excluding carboxylic acids is 22. The number of nitrogens with one attached hydrogen (secondary N) is 14. The Morgan fingerprint density at radius 1 is 0.448 bits per heavy atom. The molecule has 4 saturated heterocycles. The summed E-state index contributed by atoms with van der Waals surface area (Å²) in [4.78, 5) is 301. The van der Waals surface area contributed by atoms with Gasteiger partial charge in [-0.15, -0.1) is 0 Å². The number of nitrogens with two attached hydrogens (primary N) is 9. The van der Waals surface area contributed by atoms with E-state index >= 15 is 0 Å². The molecule has 34 N–H and O–H groups in total. The number of phenols is 2. The van der Waals surface area contributed by atoms with E-state index < -0.39 is 278 Å². The van der Waals surface area contributed by atoms with Crippen LogP contribution in [-0.2, 0) is 125 Å². The number of aliphatic imine (C=N–C) groups is 1. The second kappa shape index (κ2) is 59.9. The molecule has 22 amide bonds. The molecule has 0 bridgehead atoms. The van der Waals surface area contributed by atoms with Crippen molar-refractivity contribution in [1.29, 1.82) is 0 Å². The molecule has 7 rings (SSSR count). The lowest BCUT2D eigenvalue weighted by molar-refractivity contribution is -0.142. The number of rotatable bonds is 36. The highest BCUT2D eigenvalue weighted by Crippen LogP contribution is 2.29. The standard InChI is InChI=1S/C46H64N14O12S2.C43H66N12O12S2/c47-35(62)15-14-29-40(67)58-32(22-36(48)63)43(70)59-33(45(72)60-18-5-9-34(60)44(71)56-28(8-4-17-52-46(50)51)39(66)53-23-37(49)64)24-74-73-19-16-38(65)54-30(21-26-10-12-27(61)13-11-26)41(68)57-31(42(69)55-29)20-25-6-2-1-3-7-25;1-5-22(4)35-42(66)49-26(12-13-32(45)57)38(62)51-29(17-33(46)58)39(63)53-30(20-69-68-19-25(44)36(60)50-28(40(64)54-35)16-23-8-10-24(56)11-9-23)43(67)55-14-6-7-31(55)41(65)52-27(15-21(2)3)37(61)48-18-34(47)59/h1-3,6-7,10-13,28-34,61H,4-5,8-9,14-24H2,(H2,47,62)(H2,48,63)(H2,49,64)(H,53,66)(H,54,65)(H,55,69)(H,56,71)(H,57,68)(H,58,67)(H,59,70)(H4,50,51,52);8-11,21-22,25-31,35,56H,5-7,12-20,44H2,1-4H3,(H2,45,57)(H2,46,58)(H2,47,59)(H,48,61)(H,49,66)(H,50,60)(H,51,62)(H,52,65)(H,53,63)(H,54,64)/t28-,29-,30-,31-,32+,33+,34-;22-,25-,26-,27-,28-,29-,30-,31-,35-/m10/s1. The van der Waals surface area contributed by atoms with Gasteiger partial charge in [0.15, 0.2) is 5.96 Å². The Morgan fingerprint density at radius 2 is 0.839 bits per heavy atom. The van der Waals surface area contributed by atoms with Crippen LogP contribution in [-0.4, -0.2) is 302 Å². The van der Waals surface area contributed by atoms with Gasteiger partial charge in [0.25, 0.3) is 0 Å². The lowest BCUT2D eigenvalue weighted by atomic mass is 9.96. The smallest absolute Gasteiger partial charge is 0.246 e. The van der Waals surface area contributed by atoms with E-state index in [-0.39, 0.29) is 124 Å². The first kappa shape index (κ1) is 118. The van der Waals surface area contributed by atoms with Crippen LogP contribution in [0.3, 0.4) is 0 Å². The van der Waals surface area contributed by atoms with Crippen LogP contribution in [0, 0.1) is 11.8 Å². The number of amides is 22. The molecule has 4 heterocycles. The second-order valence-electron chi connectivity index (χ2n) is 34.7. The largest absolute Gasteiger partial charge is 0.508 e. The maximum absolute atomic E-state index is 14.6. The van der Waals surface area contributed by atoms with E-state index in [1.807, 2.05) is 13.8 Å². The van der Waals surface area contributed by atoms with Gasteiger partial charge < -0.3 is 146 Å². The summed E-state index contributed by atoms with van der Waals surface area (Å²) in [5, 5.41) is 55.5. The van der Waals surface area contributed by atoms with Crippen molar-refractivity contribution in [3.05, 3.63) is 95.6 Å². The maximum atomic E-state index is 14.6. The highest BCUT2D eigenvalue weighted by molar-refractivity contribution is 8.77. The average molecular weight is 2080 g/mol. The summed E-state index contributed by atoms with van der Waals surface area (Å²) in [5.41, 5.74) is 51.1. The Balaban J connectivity index is 0.000000439. The van der Waals surface area contributed by atoms with Gasteiger partial charge in [-0.2, -0.15) is 0 Å². The van der Waals surface area contributed by atoms with Gasteiger partial charge in [-0.1, -0.05) is 132 Å². The van der Waals surface area contributed by atoms with Crippen LogP contribution in [0.4, 0.5) is 0 Å². The number of hydrogen-bond acceptors (Lipinski definition) is 30. The Labute approximate surface area is 839 Å². The number of likely N-dealkylation sites (tertiary alicyclic amines) is 2. The second-order valence-corrected chi connectivity index (χ2v) is 39.9. The predicted octanol–water partition coefficient (Wildman–Crippen LogP) is -7.95. The number of guanidine groups is 1. The molecule has 54 heteroatoms. The van der Waals surface area contributed by atoms with Crippen LogP contribution < -0.4 is 126 Å². The number of aromatic hydroxyl groups is 2. The van der Waals surface area contributed by atoms with E-state index in [4.69, 9.17) is 51.6 Å². The van der Waals surface area contributed by atoms with Crippen LogP contribution in [0.2, 0.25) is 0 Å². The van der Waals surface area contributed by atoms with Crippen LogP contribution in [0.15, 0.2) is 83.9 Å². The van der Waals surface area contributed by atoms with Crippen LogP contribution in [0.25, 0.3) is 0 Å². The van der Waals surface area contributed by atoms with Crippen molar-refractivity contribution in [3.8, 4) is 11.5 Å². The SMILES string of the molecule is CC[C@H](C)[C@@H]1NC(=O)[C@H](Cc2ccc(O)cc2)NC(=O)[C@@H](N)CSSC[C@@H](C(=O)N2CCC[C@H]2C(=O)N[C@@H](CC(C)C)C(=O)NCC(N)=O)NC(=O)[C@H](CC(N)=O)NC(=O)[C@H](CCC(N)=O)NC1=O.NC(=O)CC[C@H]1NC(=O)[C@@H](Cc2ccccc2)NC(=O)[C@@H](Cc2ccc(O)cc2)NC(=O)CCSSC[C@@H](C(=O)N2CCC[C@@H]2C(=O)N[C@H](CCCN=C(N)N)C(=O)NCC(N)=O)NC(=O)[C@H](CC(N)=O)NC1=O. The van der Waals surface area contributed by atoms with Crippen molar-refractivity contribution < 1.29 is 116 Å². The van der Waals surface area contributed by atoms with E-state index in [9.17, 15) is 116 Å². The molecule has 16 atom stereocenters. The molecule has 3 aromatic carbocycles. The van der Waals surface area contributed by atoms with Crippen LogP contribution in [0.1, 0.15) is 141 Å². The van der Waals surface area contributed by atoms with Crippen molar-refractivity contribution in [2.75, 3.05) is 55.7 Å². The highest BCUT2D eigenvalue weighted by atomic mass is 33.1. The molecule has 0 saturated carbocycles. The average Bonchev–Trinajstić information content (AvgIpc) is 1.72. The monoisotopic (exact) mass is 2070 g/mol. The normalized spacial score (nSPS) is 23.0. The zero-order valence-electron chi connectivity index (χ0n) is 79.5. The third-order valence-electron chi connectivity index (χ3n) is 22.8. The number of hydrogen-bond donors (Lipinski definition) is 25. The van der Waals surface area contributed by atoms with Gasteiger partial charge in [-0.25, -0.2) is 0 Å². The Kier molecular flexibility index (Phi) is 49.4.